The van der Waals surface area contributed by atoms with E-state index in [2.05, 4.69) is 5.32 Å². The van der Waals surface area contributed by atoms with Crippen molar-refractivity contribution in [3.05, 3.63) is 41.6 Å². The van der Waals surface area contributed by atoms with Crippen molar-refractivity contribution in [2.45, 2.75) is 6.18 Å². The molecule has 1 amide bonds. The molecular weight excluding hydrogens is 385 g/mol. The lowest BCUT2D eigenvalue weighted by molar-refractivity contribution is -0.137. The molecule has 1 aromatic rings. The highest BCUT2D eigenvalue weighted by molar-refractivity contribution is 7.88. The largest absolute Gasteiger partial charge is 0.418 e. The first kappa shape index (κ1) is 20.7. The van der Waals surface area contributed by atoms with Crippen LogP contribution in [-0.4, -0.2) is 56.0 Å². The Bertz CT molecular complexity index is 883. The fraction of sp³-hybridized carbons (Fsp3) is 0.375. The van der Waals surface area contributed by atoms with E-state index >= 15 is 0 Å². The number of carbonyl (C=O) groups excluding carboxylic acids is 1. The Morgan fingerprint density at radius 1 is 1.22 bits per heavy atom. The first-order valence-electron chi connectivity index (χ1n) is 7.81. The summed E-state index contributed by atoms with van der Waals surface area (Å²) in [5.74, 6) is -0.972. The first-order chi connectivity index (χ1) is 12.5. The van der Waals surface area contributed by atoms with Gasteiger partial charge in [0.05, 0.1) is 17.5 Å². The molecule has 0 aliphatic carbocycles. The van der Waals surface area contributed by atoms with Crippen LogP contribution in [0.25, 0.3) is 0 Å². The minimum Gasteiger partial charge on any atom is -0.373 e. The summed E-state index contributed by atoms with van der Waals surface area (Å²) >= 11 is 0. The zero-order valence-corrected chi connectivity index (χ0v) is 15.1. The Kier molecular flexibility index (Phi) is 6.12. The van der Waals surface area contributed by atoms with Crippen LogP contribution in [-0.2, 0) is 21.0 Å². The van der Waals surface area contributed by atoms with E-state index in [9.17, 15) is 31.6 Å². The number of rotatable bonds is 4. The monoisotopic (exact) mass is 402 g/mol. The molecule has 0 unspecified atom stereocenters. The van der Waals surface area contributed by atoms with Crippen molar-refractivity contribution >= 4 is 21.6 Å². The second kappa shape index (κ2) is 7.98. The summed E-state index contributed by atoms with van der Waals surface area (Å²) < 4.78 is 63.2. The number of sulfonamides is 1. The van der Waals surface area contributed by atoms with E-state index in [1.54, 1.807) is 11.0 Å². The van der Waals surface area contributed by atoms with E-state index in [1.807, 2.05) is 0 Å². The number of halogens is 3. The van der Waals surface area contributed by atoms with Gasteiger partial charge in [0.15, 0.2) is 0 Å². The number of carbonyl (C=O) groups is 1. The predicted octanol–water partition coefficient (Wildman–Crippen LogP) is 1.63. The van der Waals surface area contributed by atoms with Gasteiger partial charge in [-0.05, 0) is 12.1 Å². The standard InChI is InChI=1S/C16H17F3N4O3S/c1-27(25,26)23-8-6-22(7-9-23)11-12(10-20)15(24)21-14-5-3-2-4-13(14)16(17,18)19/h2-5,11H,6-9H2,1H3,(H,21,24)/b12-11-. The zero-order chi connectivity index (χ0) is 20.2. The molecule has 0 atom stereocenters. The predicted molar refractivity (Wildman–Crippen MR) is 91.8 cm³/mol. The van der Waals surface area contributed by atoms with Crippen LogP contribution in [0.1, 0.15) is 5.56 Å². The lowest BCUT2D eigenvalue weighted by Crippen LogP contribution is -2.46. The molecule has 1 heterocycles. The van der Waals surface area contributed by atoms with Crippen LogP contribution in [0.2, 0.25) is 0 Å². The van der Waals surface area contributed by atoms with Crippen LogP contribution in [0, 0.1) is 11.3 Å². The maximum atomic E-state index is 13.0. The summed E-state index contributed by atoms with van der Waals surface area (Å²) in [4.78, 5) is 13.8. The van der Waals surface area contributed by atoms with Gasteiger partial charge in [-0.2, -0.15) is 22.7 Å². The number of piperazine rings is 1. The molecule has 7 nitrogen and oxygen atoms in total. The number of alkyl halides is 3. The van der Waals surface area contributed by atoms with E-state index in [1.165, 1.54) is 22.6 Å². The summed E-state index contributed by atoms with van der Waals surface area (Å²) in [6.07, 6.45) is -2.34. The van der Waals surface area contributed by atoms with Crippen molar-refractivity contribution in [1.82, 2.24) is 9.21 Å². The van der Waals surface area contributed by atoms with Gasteiger partial charge in [-0.25, -0.2) is 8.42 Å². The molecule has 11 heteroatoms. The first-order valence-corrected chi connectivity index (χ1v) is 9.66. The number of hydrogen-bond acceptors (Lipinski definition) is 5. The van der Waals surface area contributed by atoms with Gasteiger partial charge in [-0.3, -0.25) is 4.79 Å². The number of nitriles is 1. The Morgan fingerprint density at radius 3 is 2.33 bits per heavy atom. The lowest BCUT2D eigenvalue weighted by Gasteiger charge is -2.32. The maximum absolute atomic E-state index is 13.0. The second-order valence-electron chi connectivity index (χ2n) is 5.85. The van der Waals surface area contributed by atoms with Crippen molar-refractivity contribution < 1.29 is 26.4 Å². The van der Waals surface area contributed by atoms with Gasteiger partial charge in [0.2, 0.25) is 10.0 Å². The van der Waals surface area contributed by atoms with Crippen LogP contribution in [0.5, 0.6) is 0 Å². The third-order valence-electron chi connectivity index (χ3n) is 3.90. The number of nitrogens with zero attached hydrogens (tertiary/aromatic N) is 3. The molecule has 2 rings (SSSR count). The number of nitrogens with one attached hydrogen (secondary N) is 1. The molecule has 0 spiro atoms. The second-order valence-corrected chi connectivity index (χ2v) is 7.83. The number of benzene rings is 1. The Balaban J connectivity index is 2.12. The third-order valence-corrected chi connectivity index (χ3v) is 5.20. The topological polar surface area (TPSA) is 93.5 Å². The van der Waals surface area contributed by atoms with Crippen molar-refractivity contribution in [2.75, 3.05) is 37.8 Å². The maximum Gasteiger partial charge on any atom is 0.418 e. The van der Waals surface area contributed by atoms with Crippen molar-refractivity contribution in [3.8, 4) is 6.07 Å². The summed E-state index contributed by atoms with van der Waals surface area (Å²) in [7, 11) is -3.32. The molecular formula is C16H17F3N4O3S. The molecule has 1 aromatic carbocycles. The smallest absolute Gasteiger partial charge is 0.373 e. The molecule has 1 N–H and O–H groups in total. The molecule has 146 valence electrons. The molecule has 1 fully saturated rings. The summed E-state index contributed by atoms with van der Waals surface area (Å²) in [6.45, 7) is 0.883. The van der Waals surface area contributed by atoms with Gasteiger partial charge in [-0.15, -0.1) is 0 Å². The van der Waals surface area contributed by atoms with Gasteiger partial charge in [0.25, 0.3) is 5.91 Å². The van der Waals surface area contributed by atoms with Crippen LogP contribution >= 0.6 is 0 Å². The number of amides is 1. The normalized spacial score (nSPS) is 16.7. The molecule has 0 bridgehead atoms. The van der Waals surface area contributed by atoms with Gasteiger partial charge in [0.1, 0.15) is 11.6 Å². The fourth-order valence-electron chi connectivity index (χ4n) is 2.51. The van der Waals surface area contributed by atoms with Crippen molar-refractivity contribution in [3.63, 3.8) is 0 Å². The fourth-order valence-corrected chi connectivity index (χ4v) is 3.34. The van der Waals surface area contributed by atoms with Gasteiger partial charge < -0.3 is 10.2 Å². The highest BCUT2D eigenvalue weighted by Crippen LogP contribution is 2.34. The minimum absolute atomic E-state index is 0.187. The summed E-state index contributed by atoms with van der Waals surface area (Å²) in [6, 6.07) is 6.12. The van der Waals surface area contributed by atoms with Crippen molar-refractivity contribution in [2.24, 2.45) is 0 Å². The van der Waals surface area contributed by atoms with Crippen LogP contribution in [0.3, 0.4) is 0 Å². The molecule has 1 aliphatic rings. The van der Waals surface area contributed by atoms with Gasteiger partial charge in [-0.1, -0.05) is 12.1 Å². The number of para-hydroxylation sites is 1. The Labute approximate surface area is 154 Å². The highest BCUT2D eigenvalue weighted by Gasteiger charge is 2.33. The molecule has 0 saturated carbocycles. The zero-order valence-electron chi connectivity index (χ0n) is 14.3. The van der Waals surface area contributed by atoms with Crippen LogP contribution in [0.4, 0.5) is 18.9 Å². The van der Waals surface area contributed by atoms with Crippen molar-refractivity contribution in [1.29, 1.82) is 5.26 Å². The summed E-state index contributed by atoms with van der Waals surface area (Å²) in [5.41, 5.74) is -1.84. The molecule has 27 heavy (non-hydrogen) atoms. The molecule has 1 saturated heterocycles. The van der Waals surface area contributed by atoms with E-state index < -0.39 is 33.4 Å². The molecule has 0 aromatic heterocycles. The van der Waals surface area contributed by atoms with Crippen LogP contribution < -0.4 is 5.32 Å². The van der Waals surface area contributed by atoms with E-state index in [-0.39, 0.29) is 31.8 Å². The van der Waals surface area contributed by atoms with E-state index in [0.29, 0.717) is 0 Å². The average Bonchev–Trinajstić information content (AvgIpc) is 2.58. The third kappa shape index (κ3) is 5.45. The average molecular weight is 402 g/mol. The quantitative estimate of drug-likeness (QED) is 0.610. The van der Waals surface area contributed by atoms with E-state index in [4.69, 9.17) is 0 Å². The highest BCUT2D eigenvalue weighted by atomic mass is 32.2. The molecule has 0 radical (unpaired) electrons. The SMILES string of the molecule is CS(=O)(=O)N1CCN(/C=C(/C#N)C(=O)Nc2ccccc2C(F)(F)F)CC1. The van der Waals surface area contributed by atoms with E-state index in [0.717, 1.165) is 18.4 Å². The minimum atomic E-state index is -4.65. The van der Waals surface area contributed by atoms with Gasteiger partial charge in [0, 0.05) is 32.4 Å². The van der Waals surface area contributed by atoms with Crippen LogP contribution in [0.15, 0.2) is 36.0 Å². The van der Waals surface area contributed by atoms with Gasteiger partial charge >= 0.3 is 6.18 Å². The molecule has 1 aliphatic heterocycles. The number of anilines is 1. The Hall–Kier alpha value is -2.58. The Morgan fingerprint density at radius 2 is 1.81 bits per heavy atom. The summed E-state index contributed by atoms with van der Waals surface area (Å²) in [5, 5.41) is 11.3. The number of hydrogen-bond donors (Lipinski definition) is 1. The lowest BCUT2D eigenvalue weighted by atomic mass is 10.1.